The fraction of sp³-hybridized carbons (Fsp3) is 0.500. The van der Waals surface area contributed by atoms with Crippen molar-refractivity contribution in [1.82, 2.24) is 0 Å². The number of carbonyl (C=O) groups is 2. The highest BCUT2D eigenvalue weighted by atomic mass is 16.5. The number of ketones is 1. The number of hydrogen-bond donors (Lipinski definition) is 1. The lowest BCUT2D eigenvalue weighted by Gasteiger charge is -2.46. The van der Waals surface area contributed by atoms with Crippen molar-refractivity contribution >= 4 is 11.8 Å². The SMILES string of the molecule is CCC(CC)C(Oc1c(-c2ccc3c(c2)CCC3=O)ccc(OC)c1OC)C1(C(=O)O)CCC1. The van der Waals surface area contributed by atoms with E-state index in [0.29, 0.717) is 36.5 Å². The van der Waals surface area contributed by atoms with Gasteiger partial charge in [0.15, 0.2) is 17.3 Å². The minimum Gasteiger partial charge on any atom is -0.493 e. The number of rotatable bonds is 10. The fourth-order valence-electron chi connectivity index (χ4n) is 5.55. The van der Waals surface area contributed by atoms with Crippen LogP contribution in [0.2, 0.25) is 0 Å². The van der Waals surface area contributed by atoms with Crippen LogP contribution in [0.1, 0.15) is 68.3 Å². The van der Waals surface area contributed by atoms with Gasteiger partial charge < -0.3 is 19.3 Å². The molecule has 34 heavy (non-hydrogen) atoms. The molecule has 1 N–H and O–H groups in total. The Morgan fingerprint density at radius 1 is 1.00 bits per heavy atom. The average molecular weight is 467 g/mol. The summed E-state index contributed by atoms with van der Waals surface area (Å²) in [5, 5.41) is 10.2. The Bertz CT molecular complexity index is 1080. The summed E-state index contributed by atoms with van der Waals surface area (Å²) in [7, 11) is 3.14. The van der Waals surface area contributed by atoms with Crippen LogP contribution >= 0.6 is 0 Å². The summed E-state index contributed by atoms with van der Waals surface area (Å²) < 4.78 is 18.1. The summed E-state index contributed by atoms with van der Waals surface area (Å²) in [6.07, 6.45) is 4.49. The number of fused-ring (bicyclic) bond motifs is 1. The number of carboxylic acids is 1. The van der Waals surface area contributed by atoms with Gasteiger partial charge in [-0.15, -0.1) is 0 Å². The zero-order chi connectivity index (χ0) is 24.5. The van der Waals surface area contributed by atoms with Crippen LogP contribution in [0.3, 0.4) is 0 Å². The Hall–Kier alpha value is -3.02. The van der Waals surface area contributed by atoms with E-state index in [1.807, 2.05) is 30.3 Å². The van der Waals surface area contributed by atoms with E-state index < -0.39 is 17.5 Å². The Labute approximate surface area is 201 Å². The molecule has 2 aliphatic carbocycles. The van der Waals surface area contributed by atoms with Crippen LogP contribution in [0.4, 0.5) is 0 Å². The van der Waals surface area contributed by atoms with Gasteiger partial charge in [0.25, 0.3) is 0 Å². The lowest BCUT2D eigenvalue weighted by molar-refractivity contribution is -0.167. The first-order valence-corrected chi connectivity index (χ1v) is 12.2. The topological polar surface area (TPSA) is 82.1 Å². The molecule has 0 radical (unpaired) electrons. The van der Waals surface area contributed by atoms with Crippen molar-refractivity contribution in [1.29, 1.82) is 0 Å². The quantitative estimate of drug-likeness (QED) is 0.467. The minimum absolute atomic E-state index is 0.0813. The van der Waals surface area contributed by atoms with Gasteiger partial charge in [0.1, 0.15) is 11.5 Å². The van der Waals surface area contributed by atoms with E-state index in [0.717, 1.165) is 47.9 Å². The zero-order valence-corrected chi connectivity index (χ0v) is 20.5. The van der Waals surface area contributed by atoms with Gasteiger partial charge in [0.05, 0.1) is 14.2 Å². The maximum Gasteiger partial charge on any atom is 0.313 e. The molecule has 1 atom stereocenters. The minimum atomic E-state index is -0.910. The molecule has 1 saturated carbocycles. The molecule has 6 heteroatoms. The molecule has 1 fully saturated rings. The number of hydrogen-bond acceptors (Lipinski definition) is 5. The van der Waals surface area contributed by atoms with E-state index in [1.54, 1.807) is 14.2 Å². The number of carboxylic acid groups (broad SMARTS) is 1. The Kier molecular flexibility index (Phi) is 6.87. The second-order valence-corrected chi connectivity index (χ2v) is 9.40. The Morgan fingerprint density at radius 2 is 1.71 bits per heavy atom. The number of benzene rings is 2. The number of aliphatic carboxylic acids is 1. The fourth-order valence-corrected chi connectivity index (χ4v) is 5.55. The summed E-state index contributed by atoms with van der Waals surface area (Å²) in [6, 6.07) is 9.61. The summed E-state index contributed by atoms with van der Waals surface area (Å²) >= 11 is 0. The molecule has 2 aromatic carbocycles. The van der Waals surface area contributed by atoms with Gasteiger partial charge in [0.2, 0.25) is 5.75 Å². The normalized spacial score (nSPS) is 17.1. The number of aryl methyl sites for hydroxylation is 1. The number of ether oxygens (including phenoxy) is 3. The highest BCUT2D eigenvalue weighted by Gasteiger charge is 2.54. The second kappa shape index (κ2) is 9.69. The summed E-state index contributed by atoms with van der Waals surface area (Å²) in [5.74, 6) is 0.933. The van der Waals surface area contributed by atoms with Gasteiger partial charge in [-0.05, 0) is 61.3 Å². The van der Waals surface area contributed by atoms with Crippen molar-refractivity contribution in [2.75, 3.05) is 14.2 Å². The van der Waals surface area contributed by atoms with Crippen LogP contribution in [-0.4, -0.2) is 37.2 Å². The lowest BCUT2D eigenvalue weighted by atomic mass is 9.61. The zero-order valence-electron chi connectivity index (χ0n) is 20.5. The van der Waals surface area contributed by atoms with E-state index in [2.05, 4.69) is 13.8 Å². The van der Waals surface area contributed by atoms with Crippen LogP contribution in [0.25, 0.3) is 11.1 Å². The molecule has 0 aromatic heterocycles. The number of Topliss-reactive ketones (excluding diaryl/α,β-unsaturated/α-hetero) is 1. The molecular formula is C28H34O6. The molecule has 182 valence electrons. The molecule has 6 nitrogen and oxygen atoms in total. The highest BCUT2D eigenvalue weighted by Crippen LogP contribution is 2.52. The van der Waals surface area contributed by atoms with Crippen molar-refractivity contribution in [2.45, 2.75) is 64.9 Å². The molecule has 0 amide bonds. The molecule has 0 bridgehead atoms. The van der Waals surface area contributed by atoms with Crippen molar-refractivity contribution in [3.8, 4) is 28.4 Å². The maximum absolute atomic E-state index is 12.5. The van der Waals surface area contributed by atoms with Gasteiger partial charge in [-0.25, -0.2) is 0 Å². The van der Waals surface area contributed by atoms with E-state index >= 15 is 0 Å². The molecule has 2 aliphatic rings. The summed E-state index contributed by atoms with van der Waals surface area (Å²) in [6.45, 7) is 4.17. The molecule has 4 rings (SSSR count). The second-order valence-electron chi connectivity index (χ2n) is 9.40. The lowest BCUT2D eigenvalue weighted by Crippen LogP contribution is -2.53. The van der Waals surface area contributed by atoms with Crippen LogP contribution in [0.5, 0.6) is 17.2 Å². The monoisotopic (exact) mass is 466 g/mol. The molecule has 2 aromatic rings. The molecular weight excluding hydrogens is 432 g/mol. The first kappa shape index (κ1) is 24.1. The molecule has 0 spiro atoms. The van der Waals surface area contributed by atoms with E-state index in [4.69, 9.17) is 14.2 Å². The predicted molar refractivity (Wildman–Crippen MR) is 130 cm³/mol. The number of methoxy groups -OCH3 is 2. The first-order valence-electron chi connectivity index (χ1n) is 12.2. The molecule has 0 heterocycles. The number of carbonyl (C=O) groups excluding carboxylic acids is 1. The third-order valence-corrected chi connectivity index (χ3v) is 7.78. The third-order valence-electron chi connectivity index (χ3n) is 7.78. The van der Waals surface area contributed by atoms with Gasteiger partial charge in [0, 0.05) is 17.5 Å². The van der Waals surface area contributed by atoms with Crippen molar-refractivity contribution in [3.05, 3.63) is 41.5 Å². The summed E-state index contributed by atoms with van der Waals surface area (Å²) in [4.78, 5) is 24.6. The van der Waals surface area contributed by atoms with Gasteiger partial charge in [-0.3, -0.25) is 9.59 Å². The van der Waals surface area contributed by atoms with E-state index in [-0.39, 0.29) is 11.7 Å². The van der Waals surface area contributed by atoms with Crippen LogP contribution in [0, 0.1) is 11.3 Å². The van der Waals surface area contributed by atoms with Gasteiger partial charge >= 0.3 is 5.97 Å². The van der Waals surface area contributed by atoms with Crippen LogP contribution in [-0.2, 0) is 11.2 Å². The Balaban J connectivity index is 1.87. The molecule has 1 unspecified atom stereocenters. The van der Waals surface area contributed by atoms with Crippen LogP contribution < -0.4 is 14.2 Å². The van der Waals surface area contributed by atoms with Gasteiger partial charge in [-0.1, -0.05) is 38.5 Å². The van der Waals surface area contributed by atoms with Crippen molar-refractivity contribution in [2.24, 2.45) is 11.3 Å². The summed E-state index contributed by atoms with van der Waals surface area (Å²) in [5.41, 5.74) is 2.61. The van der Waals surface area contributed by atoms with Crippen molar-refractivity contribution in [3.63, 3.8) is 0 Å². The smallest absolute Gasteiger partial charge is 0.313 e. The largest absolute Gasteiger partial charge is 0.493 e. The highest BCUT2D eigenvalue weighted by molar-refractivity contribution is 6.01. The van der Waals surface area contributed by atoms with Crippen molar-refractivity contribution < 1.29 is 28.9 Å². The first-order chi connectivity index (χ1) is 16.4. The maximum atomic E-state index is 12.5. The van der Waals surface area contributed by atoms with Gasteiger partial charge in [-0.2, -0.15) is 0 Å². The van der Waals surface area contributed by atoms with Crippen LogP contribution in [0.15, 0.2) is 30.3 Å². The molecule has 0 saturated heterocycles. The van der Waals surface area contributed by atoms with E-state index in [9.17, 15) is 14.7 Å². The standard InChI is InChI=1S/C28H34O6/c1-5-17(6-2)26(28(27(30)31)14-7-15-28)34-24-21(11-13-23(32-3)25(24)33-4)19-8-10-20-18(16-19)9-12-22(20)29/h8,10-11,13,16-17,26H,5-7,9,12,14-15H2,1-4H3,(H,30,31). The van der Waals surface area contributed by atoms with E-state index in [1.165, 1.54) is 0 Å². The molecule has 0 aliphatic heterocycles. The average Bonchev–Trinajstić information content (AvgIpc) is 3.18. The third kappa shape index (κ3) is 3.93. The predicted octanol–water partition coefficient (Wildman–Crippen LogP) is 5.94. The Morgan fingerprint density at radius 3 is 2.26 bits per heavy atom.